The van der Waals surface area contributed by atoms with Gasteiger partial charge in [0.25, 0.3) is 0 Å². The lowest BCUT2D eigenvalue weighted by atomic mass is 10.1. The van der Waals surface area contributed by atoms with Crippen LogP contribution in [0, 0.1) is 27.3 Å². The Kier molecular flexibility index (Phi) is 9.11. The molecule has 27 heavy (non-hydrogen) atoms. The molecule has 0 bridgehead atoms. The first-order valence-corrected chi connectivity index (χ1v) is 8.10. The minimum atomic E-state index is -0.664. The van der Waals surface area contributed by atoms with E-state index in [9.17, 15) is 14.5 Å². The van der Waals surface area contributed by atoms with Crippen molar-refractivity contribution in [2.45, 2.75) is 20.4 Å². The molecule has 0 spiro atoms. The number of nitrogens with one attached hydrogen (secondary N) is 1. The van der Waals surface area contributed by atoms with Crippen LogP contribution in [0.1, 0.15) is 25.0 Å². The summed E-state index contributed by atoms with van der Waals surface area (Å²) in [6.45, 7) is 4.57. The summed E-state index contributed by atoms with van der Waals surface area (Å²) in [4.78, 5) is 18.1. The molecule has 0 aliphatic carbocycles. The lowest BCUT2D eigenvalue weighted by molar-refractivity contribution is -0.384. The van der Waals surface area contributed by atoms with E-state index >= 15 is 0 Å². The molecule has 9 nitrogen and oxygen atoms in total. The Morgan fingerprint density at radius 1 is 1.37 bits per heavy atom. The Morgan fingerprint density at radius 2 is 2.11 bits per heavy atom. The van der Waals surface area contributed by atoms with E-state index in [2.05, 4.69) is 15.3 Å². The van der Waals surface area contributed by atoms with Gasteiger partial charge >= 0.3 is 11.7 Å². The minimum absolute atomic E-state index is 0.0452. The highest BCUT2D eigenvalue weighted by molar-refractivity contribution is 5.55. The van der Waals surface area contributed by atoms with Crippen LogP contribution in [-0.2, 0) is 11.3 Å². The van der Waals surface area contributed by atoms with Crippen molar-refractivity contribution in [3.63, 3.8) is 0 Å². The molecule has 0 saturated carbocycles. The highest BCUT2D eigenvalue weighted by Gasteiger charge is 2.18. The molecule has 0 aliphatic heterocycles. The topological polar surface area (TPSA) is 123 Å². The van der Waals surface area contributed by atoms with Gasteiger partial charge in [0.15, 0.2) is 0 Å². The molecule has 0 unspecified atom stereocenters. The molecule has 2 rings (SSSR count). The number of hydrogen-bond acceptors (Lipinski definition) is 8. The maximum absolute atomic E-state index is 13.6. The number of nitro groups is 1. The molecule has 0 atom stereocenters. The van der Waals surface area contributed by atoms with E-state index in [0.29, 0.717) is 12.2 Å². The second kappa shape index (κ2) is 11.3. The molecule has 1 heterocycles. The molecule has 0 aliphatic rings. The molecule has 1 aromatic carbocycles. The molecule has 0 amide bonds. The van der Waals surface area contributed by atoms with Crippen LogP contribution in [0.4, 0.5) is 15.9 Å². The van der Waals surface area contributed by atoms with E-state index in [4.69, 9.17) is 14.7 Å². The number of anilines is 1. The van der Waals surface area contributed by atoms with Crippen molar-refractivity contribution in [1.29, 1.82) is 5.26 Å². The Bertz CT molecular complexity index is 810. The SMILES string of the molecule is CC.COCCOc1ncc([N+](=O)[O-])c(NCc2ccc(C#N)c(F)c2)n1. The van der Waals surface area contributed by atoms with E-state index in [1.165, 1.54) is 25.3 Å². The molecule has 2 aromatic rings. The third-order valence-corrected chi connectivity index (χ3v) is 3.08. The fraction of sp³-hybridized carbons (Fsp3) is 0.353. The Labute approximate surface area is 155 Å². The van der Waals surface area contributed by atoms with Gasteiger partial charge in [-0.3, -0.25) is 10.1 Å². The predicted octanol–water partition coefficient (Wildman–Crippen LogP) is 3.06. The average molecular weight is 377 g/mol. The van der Waals surface area contributed by atoms with Crippen molar-refractivity contribution in [3.05, 3.63) is 51.5 Å². The summed E-state index contributed by atoms with van der Waals surface area (Å²) in [7, 11) is 1.50. The van der Waals surface area contributed by atoms with E-state index in [-0.39, 0.29) is 36.2 Å². The molecule has 0 fully saturated rings. The van der Waals surface area contributed by atoms with Crippen LogP contribution in [0.15, 0.2) is 24.4 Å². The molecule has 0 radical (unpaired) electrons. The fourth-order valence-corrected chi connectivity index (χ4v) is 1.85. The van der Waals surface area contributed by atoms with Crippen molar-refractivity contribution in [1.82, 2.24) is 9.97 Å². The van der Waals surface area contributed by atoms with Crippen LogP contribution < -0.4 is 10.1 Å². The van der Waals surface area contributed by atoms with Gasteiger partial charge in [0.05, 0.1) is 17.1 Å². The number of rotatable bonds is 8. The maximum atomic E-state index is 13.6. The summed E-state index contributed by atoms with van der Waals surface area (Å²) in [5.41, 5.74) is 0.0741. The molecule has 144 valence electrons. The summed E-state index contributed by atoms with van der Waals surface area (Å²) in [5, 5.41) is 22.5. The van der Waals surface area contributed by atoms with Crippen LogP contribution in [0.3, 0.4) is 0 Å². The summed E-state index contributed by atoms with van der Waals surface area (Å²) in [5.74, 6) is -0.722. The quantitative estimate of drug-likeness (QED) is 0.423. The number of nitrogens with zero attached hydrogens (tertiary/aromatic N) is 4. The number of nitriles is 1. The molecule has 10 heteroatoms. The van der Waals surface area contributed by atoms with Crippen LogP contribution in [0.5, 0.6) is 6.01 Å². The number of halogens is 1. The van der Waals surface area contributed by atoms with Gasteiger partial charge in [-0.1, -0.05) is 19.9 Å². The second-order valence-electron chi connectivity index (χ2n) is 4.76. The van der Waals surface area contributed by atoms with E-state index < -0.39 is 10.7 Å². The number of methoxy groups -OCH3 is 1. The zero-order chi connectivity index (χ0) is 20.2. The van der Waals surface area contributed by atoms with Crippen LogP contribution in [0.25, 0.3) is 0 Å². The maximum Gasteiger partial charge on any atom is 0.329 e. The number of hydrogen-bond donors (Lipinski definition) is 1. The van der Waals surface area contributed by atoms with Crippen molar-refractivity contribution >= 4 is 11.5 Å². The Hall–Kier alpha value is -3.32. The smallest absolute Gasteiger partial charge is 0.329 e. The summed E-state index contributed by atoms with van der Waals surface area (Å²) >= 11 is 0. The van der Waals surface area contributed by atoms with Crippen molar-refractivity contribution in [3.8, 4) is 12.1 Å². The average Bonchev–Trinajstić information content (AvgIpc) is 2.68. The first-order chi connectivity index (χ1) is 13.0. The van der Waals surface area contributed by atoms with Gasteiger partial charge in [0.1, 0.15) is 24.7 Å². The van der Waals surface area contributed by atoms with Crippen LogP contribution >= 0.6 is 0 Å². The Morgan fingerprint density at radius 3 is 2.70 bits per heavy atom. The van der Waals surface area contributed by atoms with Gasteiger partial charge in [-0.15, -0.1) is 0 Å². The summed E-state index contributed by atoms with van der Waals surface area (Å²) in [6.07, 6.45) is 1.02. The lowest BCUT2D eigenvalue weighted by Crippen LogP contribution is -2.10. The lowest BCUT2D eigenvalue weighted by Gasteiger charge is -2.09. The Balaban J connectivity index is 0.00000176. The van der Waals surface area contributed by atoms with Gasteiger partial charge in [-0.25, -0.2) is 4.39 Å². The zero-order valence-electron chi connectivity index (χ0n) is 15.2. The summed E-state index contributed by atoms with van der Waals surface area (Å²) in [6, 6.07) is 5.72. The van der Waals surface area contributed by atoms with Crippen LogP contribution in [-0.4, -0.2) is 35.2 Å². The fourth-order valence-electron chi connectivity index (χ4n) is 1.85. The first kappa shape index (κ1) is 21.7. The monoisotopic (exact) mass is 377 g/mol. The third kappa shape index (κ3) is 6.48. The minimum Gasteiger partial charge on any atom is -0.461 e. The van der Waals surface area contributed by atoms with Gasteiger partial charge < -0.3 is 14.8 Å². The molecule has 1 aromatic heterocycles. The zero-order valence-corrected chi connectivity index (χ0v) is 15.2. The largest absolute Gasteiger partial charge is 0.461 e. The van der Waals surface area contributed by atoms with Crippen LogP contribution in [0.2, 0.25) is 0 Å². The van der Waals surface area contributed by atoms with E-state index in [1.54, 1.807) is 6.07 Å². The van der Waals surface area contributed by atoms with Gasteiger partial charge in [0.2, 0.25) is 5.82 Å². The van der Waals surface area contributed by atoms with E-state index in [1.807, 2.05) is 13.8 Å². The number of aromatic nitrogens is 2. The van der Waals surface area contributed by atoms with E-state index in [0.717, 1.165) is 6.20 Å². The highest BCUT2D eigenvalue weighted by Crippen LogP contribution is 2.23. The van der Waals surface area contributed by atoms with Gasteiger partial charge in [-0.2, -0.15) is 15.2 Å². The predicted molar refractivity (Wildman–Crippen MR) is 95.8 cm³/mol. The molecular weight excluding hydrogens is 357 g/mol. The van der Waals surface area contributed by atoms with Crippen molar-refractivity contribution < 1.29 is 18.8 Å². The molecule has 1 N–H and O–H groups in total. The molecular formula is C17H20FN5O4. The van der Waals surface area contributed by atoms with Gasteiger partial charge in [-0.05, 0) is 17.7 Å². The standard InChI is InChI=1S/C15H14FN5O4.C2H6/c1-24-4-5-25-15-19-9-13(21(22)23)14(20-15)18-8-10-2-3-11(7-17)12(16)6-10;1-2/h2-3,6,9H,4-5,8H2,1H3,(H,18,19,20);1-2H3. The second-order valence-corrected chi connectivity index (χ2v) is 4.76. The van der Waals surface area contributed by atoms with Crippen molar-refractivity contribution in [2.24, 2.45) is 0 Å². The third-order valence-electron chi connectivity index (χ3n) is 3.08. The number of benzene rings is 1. The molecule has 0 saturated heterocycles. The van der Waals surface area contributed by atoms with Gasteiger partial charge in [0, 0.05) is 13.7 Å². The highest BCUT2D eigenvalue weighted by atomic mass is 19.1. The normalized spacial score (nSPS) is 9.59. The summed E-state index contributed by atoms with van der Waals surface area (Å²) < 4.78 is 23.7. The van der Waals surface area contributed by atoms with Crippen molar-refractivity contribution in [2.75, 3.05) is 25.6 Å². The number of ether oxygens (including phenoxy) is 2. The first-order valence-electron chi connectivity index (χ1n) is 8.10.